The lowest BCUT2D eigenvalue weighted by Gasteiger charge is -2.03. The van der Waals surface area contributed by atoms with Gasteiger partial charge in [0.15, 0.2) is 0 Å². The predicted molar refractivity (Wildman–Crippen MR) is 49.8 cm³/mol. The van der Waals surface area contributed by atoms with Crippen LogP contribution in [-0.4, -0.2) is 5.11 Å². The summed E-state index contributed by atoms with van der Waals surface area (Å²) in [5.74, 6) is 2.72. The van der Waals surface area contributed by atoms with Gasteiger partial charge >= 0.3 is 0 Å². The van der Waals surface area contributed by atoms with Crippen LogP contribution in [-0.2, 0) is 5.88 Å². The largest absolute Gasteiger partial charge is 0.376 e. The van der Waals surface area contributed by atoms with Crippen molar-refractivity contribution < 1.29 is 5.11 Å². The fraction of sp³-hybridized carbons (Fsp3) is 0.200. The van der Waals surface area contributed by atoms with Crippen molar-refractivity contribution >= 4 is 11.6 Å². The maximum Gasteiger partial charge on any atom is 0.139 e. The molecule has 1 aromatic rings. The average Bonchev–Trinajstić information content (AvgIpc) is 2.17. The summed E-state index contributed by atoms with van der Waals surface area (Å²) in [6.07, 6.45) is 4.24. The Bertz CT molecular complexity index is 284. The summed E-state index contributed by atoms with van der Waals surface area (Å²) in [6.45, 7) is 0. The van der Waals surface area contributed by atoms with Crippen LogP contribution in [0.3, 0.4) is 0 Å². The van der Waals surface area contributed by atoms with Gasteiger partial charge in [0.25, 0.3) is 0 Å². The standard InChI is InChI=1S/C10H9ClO/c1-2-10(12)9-5-3-8(7-11)4-6-9/h1,3-6,10,12H,7H2. The minimum Gasteiger partial charge on any atom is -0.376 e. The molecule has 0 spiro atoms. The molecule has 0 fully saturated rings. The molecule has 0 bridgehead atoms. The van der Waals surface area contributed by atoms with Gasteiger partial charge in [-0.3, -0.25) is 0 Å². The molecule has 1 unspecified atom stereocenters. The van der Waals surface area contributed by atoms with Crippen molar-refractivity contribution in [3.05, 3.63) is 35.4 Å². The van der Waals surface area contributed by atoms with Gasteiger partial charge in [0.05, 0.1) is 0 Å². The molecule has 0 aliphatic heterocycles. The predicted octanol–water partition coefficient (Wildman–Crippen LogP) is 2.09. The van der Waals surface area contributed by atoms with E-state index in [-0.39, 0.29) is 0 Å². The van der Waals surface area contributed by atoms with Gasteiger partial charge in [0.2, 0.25) is 0 Å². The minimum absolute atomic E-state index is 0.479. The van der Waals surface area contributed by atoms with Crippen LogP contribution in [0.15, 0.2) is 24.3 Å². The lowest BCUT2D eigenvalue weighted by Crippen LogP contribution is -1.92. The molecular formula is C10H9ClO. The molecule has 0 aliphatic carbocycles. The van der Waals surface area contributed by atoms with Gasteiger partial charge in [0, 0.05) is 5.88 Å². The molecule has 0 saturated carbocycles. The van der Waals surface area contributed by atoms with E-state index < -0.39 is 6.10 Å². The summed E-state index contributed by atoms with van der Waals surface area (Å²) in [7, 11) is 0. The van der Waals surface area contributed by atoms with Crippen molar-refractivity contribution in [3.8, 4) is 12.3 Å². The van der Waals surface area contributed by atoms with E-state index in [9.17, 15) is 5.11 Å². The Hall–Kier alpha value is -0.970. The third-order valence-electron chi connectivity index (χ3n) is 1.61. The first kappa shape index (κ1) is 9.12. The molecule has 1 aromatic carbocycles. The number of halogens is 1. The van der Waals surface area contributed by atoms with Gasteiger partial charge in [-0.05, 0) is 11.1 Å². The summed E-state index contributed by atoms with van der Waals surface area (Å²) in [4.78, 5) is 0. The Morgan fingerprint density at radius 3 is 2.42 bits per heavy atom. The number of aliphatic hydroxyl groups is 1. The average molecular weight is 181 g/mol. The zero-order chi connectivity index (χ0) is 8.97. The maximum atomic E-state index is 9.22. The molecule has 0 radical (unpaired) electrons. The number of aliphatic hydroxyl groups excluding tert-OH is 1. The number of benzene rings is 1. The summed E-state index contributed by atoms with van der Waals surface area (Å²) in [5.41, 5.74) is 1.75. The van der Waals surface area contributed by atoms with E-state index in [0.29, 0.717) is 5.88 Å². The van der Waals surface area contributed by atoms with Crippen molar-refractivity contribution in [2.45, 2.75) is 12.0 Å². The van der Waals surface area contributed by atoms with Crippen molar-refractivity contribution in [1.29, 1.82) is 0 Å². The van der Waals surface area contributed by atoms with Crippen molar-refractivity contribution in [2.24, 2.45) is 0 Å². The molecule has 1 atom stereocenters. The van der Waals surface area contributed by atoms with Gasteiger partial charge in [-0.1, -0.05) is 30.2 Å². The zero-order valence-electron chi connectivity index (χ0n) is 6.50. The number of hydrogen-bond acceptors (Lipinski definition) is 1. The number of terminal acetylenes is 1. The molecule has 1 nitrogen and oxygen atoms in total. The number of rotatable bonds is 2. The molecule has 62 valence electrons. The van der Waals surface area contributed by atoms with Gasteiger partial charge in [0.1, 0.15) is 6.10 Å². The second-order valence-corrected chi connectivity index (χ2v) is 2.71. The first-order valence-corrected chi connectivity index (χ1v) is 4.10. The highest BCUT2D eigenvalue weighted by atomic mass is 35.5. The van der Waals surface area contributed by atoms with Crippen molar-refractivity contribution in [2.75, 3.05) is 0 Å². The Morgan fingerprint density at radius 2 is 2.00 bits per heavy atom. The fourth-order valence-corrected chi connectivity index (χ4v) is 1.06. The van der Waals surface area contributed by atoms with E-state index in [1.807, 2.05) is 12.1 Å². The number of hydrogen-bond donors (Lipinski definition) is 1. The maximum absolute atomic E-state index is 9.22. The van der Waals surface area contributed by atoms with Crippen LogP contribution in [0, 0.1) is 12.3 Å². The van der Waals surface area contributed by atoms with E-state index in [2.05, 4.69) is 5.92 Å². The van der Waals surface area contributed by atoms with E-state index in [4.69, 9.17) is 18.0 Å². The molecule has 2 heteroatoms. The third kappa shape index (κ3) is 2.01. The Morgan fingerprint density at radius 1 is 1.42 bits per heavy atom. The Balaban J connectivity index is 2.86. The van der Waals surface area contributed by atoms with Crippen LogP contribution >= 0.6 is 11.6 Å². The second kappa shape index (κ2) is 4.15. The quantitative estimate of drug-likeness (QED) is 0.546. The molecule has 1 rings (SSSR count). The molecule has 0 aromatic heterocycles. The van der Waals surface area contributed by atoms with Gasteiger partial charge < -0.3 is 5.11 Å². The lowest BCUT2D eigenvalue weighted by atomic mass is 10.1. The summed E-state index contributed by atoms with van der Waals surface area (Å²) >= 11 is 5.59. The van der Waals surface area contributed by atoms with Gasteiger partial charge in [-0.15, -0.1) is 18.0 Å². The SMILES string of the molecule is C#CC(O)c1ccc(CCl)cc1. The molecule has 12 heavy (non-hydrogen) atoms. The van der Waals surface area contributed by atoms with Crippen LogP contribution in [0.4, 0.5) is 0 Å². The van der Waals surface area contributed by atoms with E-state index >= 15 is 0 Å². The monoisotopic (exact) mass is 180 g/mol. The first-order chi connectivity index (χ1) is 5.77. The molecule has 0 aliphatic rings. The van der Waals surface area contributed by atoms with Crippen LogP contribution in [0.1, 0.15) is 17.2 Å². The highest BCUT2D eigenvalue weighted by Crippen LogP contribution is 2.13. The summed E-state index contributed by atoms with van der Waals surface area (Å²) < 4.78 is 0. The zero-order valence-corrected chi connectivity index (χ0v) is 7.25. The van der Waals surface area contributed by atoms with Crippen molar-refractivity contribution in [3.63, 3.8) is 0 Å². The molecule has 0 saturated heterocycles. The van der Waals surface area contributed by atoms with Crippen LogP contribution in [0.5, 0.6) is 0 Å². The lowest BCUT2D eigenvalue weighted by molar-refractivity contribution is 0.238. The van der Waals surface area contributed by atoms with Gasteiger partial charge in [-0.2, -0.15) is 0 Å². The van der Waals surface area contributed by atoms with E-state index in [0.717, 1.165) is 11.1 Å². The van der Waals surface area contributed by atoms with Crippen molar-refractivity contribution in [1.82, 2.24) is 0 Å². The summed E-state index contributed by atoms with van der Waals surface area (Å²) in [6, 6.07) is 7.26. The fourth-order valence-electron chi connectivity index (χ4n) is 0.885. The highest BCUT2D eigenvalue weighted by molar-refractivity contribution is 6.17. The first-order valence-electron chi connectivity index (χ1n) is 3.57. The molecule has 0 heterocycles. The Kier molecular flexibility index (Phi) is 3.16. The third-order valence-corrected chi connectivity index (χ3v) is 1.92. The minimum atomic E-state index is -0.811. The second-order valence-electron chi connectivity index (χ2n) is 2.44. The van der Waals surface area contributed by atoms with Crippen LogP contribution in [0.25, 0.3) is 0 Å². The topological polar surface area (TPSA) is 20.2 Å². The Labute approximate surface area is 77.0 Å². The van der Waals surface area contributed by atoms with Crippen LogP contribution in [0.2, 0.25) is 0 Å². The highest BCUT2D eigenvalue weighted by Gasteiger charge is 2.01. The van der Waals surface area contributed by atoms with Gasteiger partial charge in [-0.25, -0.2) is 0 Å². The van der Waals surface area contributed by atoms with E-state index in [1.165, 1.54) is 0 Å². The molecule has 0 amide bonds. The van der Waals surface area contributed by atoms with E-state index in [1.54, 1.807) is 12.1 Å². The number of alkyl halides is 1. The normalized spacial score (nSPS) is 12.1. The van der Waals surface area contributed by atoms with Crippen LogP contribution < -0.4 is 0 Å². The smallest absolute Gasteiger partial charge is 0.139 e. The molecule has 1 N–H and O–H groups in total. The molecular weight excluding hydrogens is 172 g/mol. The summed E-state index contributed by atoms with van der Waals surface area (Å²) in [5, 5.41) is 9.22.